The zero-order chi connectivity index (χ0) is 31.8. The Labute approximate surface area is 235 Å². The Hall–Kier alpha value is -1.66. The molecule has 0 aliphatic carbocycles. The number of aliphatic hydroxyl groups is 15. The molecule has 0 amide bonds. The largest absolute Gasteiger partial charge is 3.00 e. The average Bonchev–Trinajstić information content (AvgIpc) is 2.92. The Morgan fingerprint density at radius 3 is 0.650 bits per heavy atom. The molecule has 0 saturated carbocycles. The van der Waals surface area contributed by atoms with Crippen molar-refractivity contribution in [2.75, 3.05) is 19.8 Å². The molecule has 12 atom stereocenters. The molecule has 0 aliphatic rings. The van der Waals surface area contributed by atoms with Gasteiger partial charge < -0.3 is 106 Å². The van der Waals surface area contributed by atoms with Crippen LogP contribution in [0.1, 0.15) is 0 Å². The maximum atomic E-state index is 9.98. The SMILES string of the molecule is O=C([O-])[C@@H](O)[C@H](O)[C@@H](O)[C@@H](O)CO.O=C([O-])[C@@H](O)[C@H](O)[C@@H](O)[C@@H](O)CO.O=C([O-])[C@@H](O)[C@H](O)[C@@H](O)[C@@H](O)CO.[Al+3]. The number of rotatable bonds is 15. The molecule has 234 valence electrons. The molecule has 0 fully saturated rings. The summed E-state index contributed by atoms with van der Waals surface area (Å²) in [5.41, 5.74) is 0. The standard InChI is InChI=1S/3C6H12O7.Al/c3*7-1-2(8)3(9)4(10)5(11)6(12)13;/h3*2-5,7-11H,1H2,(H,12,13);/q;;;+3/p-3/t3*2-,3-,4+,5-;/m000./s1. The van der Waals surface area contributed by atoms with Crippen LogP contribution in [-0.4, -0.2) is 205 Å². The first-order chi connectivity index (χ1) is 17.7. The van der Waals surface area contributed by atoms with Crippen LogP contribution >= 0.6 is 0 Å². The quantitative estimate of drug-likeness (QED) is 0.0763. The molecule has 22 heteroatoms. The second-order valence-electron chi connectivity index (χ2n) is 7.48. The summed E-state index contributed by atoms with van der Waals surface area (Å²) in [6, 6.07) is 0. The van der Waals surface area contributed by atoms with E-state index in [1.807, 2.05) is 0 Å². The smallest absolute Gasteiger partial charge is 0.547 e. The van der Waals surface area contributed by atoms with E-state index >= 15 is 0 Å². The van der Waals surface area contributed by atoms with Gasteiger partial charge in [-0.05, 0) is 0 Å². The number of carboxylic acid groups (broad SMARTS) is 3. The molecule has 21 nitrogen and oxygen atoms in total. The van der Waals surface area contributed by atoms with Crippen molar-refractivity contribution in [3.8, 4) is 0 Å². The summed E-state index contributed by atoms with van der Waals surface area (Å²) >= 11 is 0. The fourth-order valence-electron chi connectivity index (χ4n) is 1.99. The van der Waals surface area contributed by atoms with Gasteiger partial charge in [-0.25, -0.2) is 0 Å². The van der Waals surface area contributed by atoms with Gasteiger partial charge >= 0.3 is 17.4 Å². The number of carboxylic acids is 3. The zero-order valence-electron chi connectivity index (χ0n) is 20.3. The van der Waals surface area contributed by atoms with Gasteiger partial charge in [0.2, 0.25) is 0 Å². The van der Waals surface area contributed by atoms with E-state index in [1.54, 1.807) is 0 Å². The van der Waals surface area contributed by atoms with E-state index in [9.17, 15) is 29.7 Å². The summed E-state index contributed by atoms with van der Waals surface area (Å²) in [7, 11) is 0. The molecule has 40 heavy (non-hydrogen) atoms. The minimum atomic E-state index is -2.31. The fraction of sp³-hybridized carbons (Fsp3) is 0.833. The Kier molecular flexibility index (Phi) is 26.0. The van der Waals surface area contributed by atoms with Crippen LogP contribution in [0.3, 0.4) is 0 Å². The number of carbonyl (C=O) groups is 3. The molecule has 0 heterocycles. The molecule has 0 unspecified atom stereocenters. The van der Waals surface area contributed by atoms with Gasteiger partial charge in [0.25, 0.3) is 0 Å². The van der Waals surface area contributed by atoms with Crippen LogP contribution in [0, 0.1) is 0 Å². The fourth-order valence-corrected chi connectivity index (χ4v) is 1.99. The van der Waals surface area contributed by atoms with Crippen LogP contribution in [0.4, 0.5) is 0 Å². The van der Waals surface area contributed by atoms with Crippen LogP contribution in [0.15, 0.2) is 0 Å². The Bertz CT molecular complexity index is 608. The molecule has 0 aromatic carbocycles. The monoisotopic (exact) mass is 612 g/mol. The molecule has 0 saturated heterocycles. The van der Waals surface area contributed by atoms with E-state index < -0.39 is 111 Å². The van der Waals surface area contributed by atoms with Gasteiger partial charge in [-0.2, -0.15) is 0 Å². The van der Waals surface area contributed by atoms with Crippen LogP contribution in [0.2, 0.25) is 0 Å². The van der Waals surface area contributed by atoms with Gasteiger partial charge in [0.1, 0.15) is 73.2 Å². The topological polar surface area (TPSA) is 424 Å². The first-order valence-corrected chi connectivity index (χ1v) is 10.4. The molecule has 0 aromatic heterocycles. The third-order valence-electron chi connectivity index (χ3n) is 4.49. The first-order valence-electron chi connectivity index (χ1n) is 10.4. The van der Waals surface area contributed by atoms with Gasteiger partial charge in [-0.15, -0.1) is 0 Å². The maximum absolute atomic E-state index is 9.98. The molecule has 0 radical (unpaired) electrons. The van der Waals surface area contributed by atoms with Crippen molar-refractivity contribution < 1.29 is 106 Å². The maximum Gasteiger partial charge on any atom is 3.00 e. The van der Waals surface area contributed by atoms with Crippen molar-refractivity contribution in [2.45, 2.75) is 73.2 Å². The van der Waals surface area contributed by atoms with E-state index in [-0.39, 0.29) is 17.4 Å². The van der Waals surface area contributed by atoms with E-state index in [0.29, 0.717) is 0 Å². The summed E-state index contributed by atoms with van der Waals surface area (Å²) in [5, 5.41) is 160. The third kappa shape index (κ3) is 16.6. The summed E-state index contributed by atoms with van der Waals surface area (Å²) < 4.78 is 0. The minimum Gasteiger partial charge on any atom is -0.547 e. The first kappa shape index (κ1) is 45.3. The van der Waals surface area contributed by atoms with Gasteiger partial charge in [0.05, 0.1) is 37.7 Å². The van der Waals surface area contributed by atoms with Crippen molar-refractivity contribution in [1.29, 1.82) is 0 Å². The zero-order valence-corrected chi connectivity index (χ0v) is 21.4. The Morgan fingerprint density at radius 1 is 0.400 bits per heavy atom. The van der Waals surface area contributed by atoms with E-state index in [4.69, 9.17) is 76.6 Å². The number of hydrogen-bond donors (Lipinski definition) is 15. The van der Waals surface area contributed by atoms with Gasteiger partial charge in [0.15, 0.2) is 0 Å². The van der Waals surface area contributed by atoms with Gasteiger partial charge in [-0.1, -0.05) is 0 Å². The summed E-state index contributed by atoms with van der Waals surface area (Å²) in [4.78, 5) is 29.9. The summed E-state index contributed by atoms with van der Waals surface area (Å²) in [6.07, 6.45) is -24.2. The van der Waals surface area contributed by atoms with Crippen molar-refractivity contribution in [1.82, 2.24) is 0 Å². The normalized spacial score (nSPS) is 19.9. The van der Waals surface area contributed by atoms with Gasteiger partial charge in [-0.3, -0.25) is 0 Å². The summed E-state index contributed by atoms with van der Waals surface area (Å²) in [5.74, 6) is -5.93. The van der Waals surface area contributed by atoms with Crippen LogP contribution in [0.5, 0.6) is 0 Å². The molecule has 0 bridgehead atoms. The van der Waals surface area contributed by atoms with Crippen molar-refractivity contribution >= 4 is 35.3 Å². The van der Waals surface area contributed by atoms with E-state index in [2.05, 4.69) is 0 Å². The average molecular weight is 612 g/mol. The van der Waals surface area contributed by atoms with Crippen molar-refractivity contribution in [2.24, 2.45) is 0 Å². The molecular formula is C18H33AlO21. The van der Waals surface area contributed by atoms with Gasteiger partial charge in [0, 0.05) is 0 Å². The Balaban J connectivity index is -0.000000240. The van der Waals surface area contributed by atoms with E-state index in [1.165, 1.54) is 0 Å². The molecule has 0 rings (SSSR count). The minimum absolute atomic E-state index is 0. The molecule has 0 aromatic rings. The second kappa shape index (κ2) is 23.0. The predicted molar refractivity (Wildman–Crippen MR) is 114 cm³/mol. The van der Waals surface area contributed by atoms with E-state index in [0.717, 1.165) is 0 Å². The van der Waals surface area contributed by atoms with Crippen LogP contribution < -0.4 is 15.3 Å². The van der Waals surface area contributed by atoms with Crippen LogP contribution in [-0.2, 0) is 14.4 Å². The summed E-state index contributed by atoms with van der Waals surface area (Å²) in [6.45, 7) is -2.59. The number of hydrogen-bond acceptors (Lipinski definition) is 21. The Morgan fingerprint density at radius 2 is 0.550 bits per heavy atom. The number of carbonyl (C=O) groups excluding carboxylic acids is 3. The third-order valence-corrected chi connectivity index (χ3v) is 4.49. The molecular weight excluding hydrogens is 579 g/mol. The second-order valence-corrected chi connectivity index (χ2v) is 7.48. The van der Waals surface area contributed by atoms with Crippen molar-refractivity contribution in [3.63, 3.8) is 0 Å². The number of aliphatic carboxylic acids is 3. The van der Waals surface area contributed by atoms with Crippen LogP contribution in [0.25, 0.3) is 0 Å². The molecule has 0 spiro atoms. The predicted octanol–water partition coefficient (Wildman–Crippen LogP) is -14.9. The molecule has 15 N–H and O–H groups in total. The number of aliphatic hydroxyl groups excluding tert-OH is 15. The molecule has 0 aliphatic heterocycles. The van der Waals surface area contributed by atoms with Crippen molar-refractivity contribution in [3.05, 3.63) is 0 Å².